The Kier molecular flexibility index (Phi) is 5.57. The highest BCUT2D eigenvalue weighted by Gasteiger charge is 2.22. The number of amides is 2. The Morgan fingerprint density at radius 1 is 1.21 bits per heavy atom. The fraction of sp³-hybridized carbons (Fsp3) is 0.400. The molecular formula is C20H25N7O2. The van der Waals surface area contributed by atoms with Crippen molar-refractivity contribution in [1.82, 2.24) is 34.6 Å². The molecule has 29 heavy (non-hydrogen) atoms. The maximum atomic E-state index is 12.5. The zero-order valence-corrected chi connectivity index (χ0v) is 16.7. The summed E-state index contributed by atoms with van der Waals surface area (Å²) >= 11 is 0. The smallest absolute Gasteiger partial charge is 0.317 e. The third kappa shape index (κ3) is 4.62. The number of nitrogens with zero attached hydrogens (tertiary/aromatic N) is 6. The first-order valence-corrected chi connectivity index (χ1v) is 9.70. The lowest BCUT2D eigenvalue weighted by molar-refractivity contribution is 0.128. The molecule has 1 saturated heterocycles. The van der Waals surface area contributed by atoms with Crippen LogP contribution in [-0.4, -0.2) is 61.5 Å². The summed E-state index contributed by atoms with van der Waals surface area (Å²) in [4.78, 5) is 29.4. The van der Waals surface area contributed by atoms with E-state index in [0.717, 1.165) is 41.8 Å². The van der Waals surface area contributed by atoms with Crippen LogP contribution in [-0.2, 0) is 13.1 Å². The van der Waals surface area contributed by atoms with E-state index >= 15 is 0 Å². The number of urea groups is 1. The van der Waals surface area contributed by atoms with Gasteiger partial charge in [0.25, 0.3) is 0 Å². The lowest BCUT2D eigenvalue weighted by Crippen LogP contribution is -2.51. The molecule has 0 saturated carbocycles. The molecule has 4 heterocycles. The SMILES string of the molecule is Cc1nc(CN2CCN(C(=O)NCc3ccc(-n4ccnc4)nc3)CC2)oc1C. The fourth-order valence-electron chi connectivity index (χ4n) is 3.27. The van der Waals surface area contributed by atoms with Crippen molar-refractivity contribution in [2.75, 3.05) is 26.2 Å². The molecule has 4 rings (SSSR count). The number of nitrogens with one attached hydrogen (secondary N) is 1. The van der Waals surface area contributed by atoms with Crippen LogP contribution in [0.2, 0.25) is 0 Å². The van der Waals surface area contributed by atoms with Gasteiger partial charge in [0.05, 0.1) is 12.2 Å². The zero-order chi connectivity index (χ0) is 20.2. The summed E-state index contributed by atoms with van der Waals surface area (Å²) < 4.78 is 7.49. The normalized spacial score (nSPS) is 14.9. The minimum absolute atomic E-state index is 0.0499. The topological polar surface area (TPSA) is 92.3 Å². The van der Waals surface area contributed by atoms with E-state index < -0.39 is 0 Å². The quantitative estimate of drug-likeness (QED) is 0.709. The Balaban J connectivity index is 1.22. The van der Waals surface area contributed by atoms with E-state index in [2.05, 4.69) is 25.2 Å². The van der Waals surface area contributed by atoms with Crippen LogP contribution in [0.4, 0.5) is 4.79 Å². The van der Waals surface area contributed by atoms with E-state index in [9.17, 15) is 4.79 Å². The number of pyridine rings is 1. The standard InChI is InChI=1S/C20H25N7O2/c1-15-16(2)29-19(24-15)13-25-7-9-26(10-8-25)20(28)23-12-17-3-4-18(22-11-17)27-6-5-21-14-27/h3-6,11,14H,7-10,12-13H2,1-2H3,(H,23,28). The highest BCUT2D eigenvalue weighted by atomic mass is 16.4. The third-order valence-electron chi connectivity index (χ3n) is 5.11. The first-order chi connectivity index (χ1) is 14.1. The minimum atomic E-state index is -0.0499. The molecule has 9 heteroatoms. The van der Waals surface area contributed by atoms with E-state index in [1.54, 1.807) is 18.7 Å². The molecule has 0 atom stereocenters. The Labute approximate surface area is 169 Å². The summed E-state index contributed by atoms with van der Waals surface area (Å²) in [5.74, 6) is 2.40. The second-order valence-corrected chi connectivity index (χ2v) is 7.17. The van der Waals surface area contributed by atoms with Crippen LogP contribution in [0.1, 0.15) is 22.9 Å². The molecule has 1 fully saturated rings. The van der Waals surface area contributed by atoms with Crippen molar-refractivity contribution in [3.63, 3.8) is 0 Å². The van der Waals surface area contributed by atoms with Gasteiger partial charge >= 0.3 is 6.03 Å². The van der Waals surface area contributed by atoms with Crippen molar-refractivity contribution >= 4 is 6.03 Å². The van der Waals surface area contributed by atoms with Crippen LogP contribution in [0.25, 0.3) is 5.82 Å². The molecule has 2 amide bonds. The molecule has 0 aliphatic carbocycles. The molecule has 1 aliphatic rings. The van der Waals surface area contributed by atoms with Gasteiger partial charge in [-0.3, -0.25) is 9.47 Å². The van der Waals surface area contributed by atoms with E-state index in [1.165, 1.54) is 0 Å². The average Bonchev–Trinajstić information content (AvgIpc) is 3.37. The number of hydrogen-bond acceptors (Lipinski definition) is 6. The van der Waals surface area contributed by atoms with Gasteiger partial charge in [0.2, 0.25) is 5.89 Å². The fourth-order valence-corrected chi connectivity index (χ4v) is 3.27. The number of carbonyl (C=O) groups excluding carboxylic acids is 1. The number of hydrogen-bond donors (Lipinski definition) is 1. The lowest BCUT2D eigenvalue weighted by atomic mass is 10.3. The summed E-state index contributed by atoms with van der Waals surface area (Å²) in [6.45, 7) is 7.97. The molecule has 9 nitrogen and oxygen atoms in total. The molecule has 3 aromatic heterocycles. The maximum absolute atomic E-state index is 12.5. The van der Waals surface area contributed by atoms with Crippen LogP contribution >= 0.6 is 0 Å². The Bertz CT molecular complexity index is 922. The van der Waals surface area contributed by atoms with E-state index in [-0.39, 0.29) is 6.03 Å². The number of aryl methyl sites for hydroxylation is 2. The number of imidazole rings is 1. The van der Waals surface area contributed by atoms with Crippen molar-refractivity contribution in [2.24, 2.45) is 0 Å². The highest BCUT2D eigenvalue weighted by Crippen LogP contribution is 2.12. The predicted octanol–water partition coefficient (Wildman–Crippen LogP) is 1.90. The van der Waals surface area contributed by atoms with Crippen LogP contribution in [0.3, 0.4) is 0 Å². The molecular weight excluding hydrogens is 370 g/mol. The van der Waals surface area contributed by atoms with Crippen molar-refractivity contribution < 1.29 is 9.21 Å². The Hall–Kier alpha value is -3.20. The average molecular weight is 395 g/mol. The maximum Gasteiger partial charge on any atom is 0.317 e. The van der Waals surface area contributed by atoms with Gasteiger partial charge in [-0.25, -0.2) is 19.7 Å². The molecule has 0 aromatic carbocycles. The third-order valence-corrected chi connectivity index (χ3v) is 5.11. The number of aromatic nitrogens is 4. The number of carbonyl (C=O) groups is 1. The van der Waals surface area contributed by atoms with Gasteiger partial charge in [0.1, 0.15) is 17.9 Å². The largest absolute Gasteiger partial charge is 0.444 e. The van der Waals surface area contributed by atoms with Crippen LogP contribution in [0, 0.1) is 13.8 Å². The van der Waals surface area contributed by atoms with Crippen LogP contribution < -0.4 is 5.32 Å². The van der Waals surface area contributed by atoms with Crippen LogP contribution in [0.5, 0.6) is 0 Å². The molecule has 152 valence electrons. The van der Waals surface area contributed by atoms with Crippen molar-refractivity contribution in [2.45, 2.75) is 26.9 Å². The van der Waals surface area contributed by atoms with Gasteiger partial charge in [-0.15, -0.1) is 0 Å². The van der Waals surface area contributed by atoms with E-state index in [4.69, 9.17) is 4.42 Å². The summed E-state index contributed by atoms with van der Waals surface area (Å²) in [7, 11) is 0. The molecule has 3 aromatic rings. The van der Waals surface area contributed by atoms with E-state index in [1.807, 2.05) is 41.6 Å². The van der Waals surface area contributed by atoms with Gasteiger partial charge in [0.15, 0.2) is 0 Å². The van der Waals surface area contributed by atoms with E-state index in [0.29, 0.717) is 26.2 Å². The Morgan fingerprint density at radius 3 is 2.66 bits per heavy atom. The monoisotopic (exact) mass is 395 g/mol. The first-order valence-electron chi connectivity index (χ1n) is 9.70. The number of oxazole rings is 1. The lowest BCUT2D eigenvalue weighted by Gasteiger charge is -2.34. The highest BCUT2D eigenvalue weighted by molar-refractivity contribution is 5.74. The molecule has 0 spiro atoms. The second-order valence-electron chi connectivity index (χ2n) is 7.17. The molecule has 1 N–H and O–H groups in total. The predicted molar refractivity (Wildman–Crippen MR) is 106 cm³/mol. The first kappa shape index (κ1) is 19.1. The molecule has 0 bridgehead atoms. The summed E-state index contributed by atoms with van der Waals surface area (Å²) in [6, 6.07) is 3.82. The van der Waals surface area contributed by atoms with Gasteiger partial charge < -0.3 is 14.6 Å². The Morgan fingerprint density at radius 2 is 2.03 bits per heavy atom. The summed E-state index contributed by atoms with van der Waals surface area (Å²) in [5, 5.41) is 2.98. The number of rotatable bonds is 5. The minimum Gasteiger partial charge on any atom is -0.444 e. The summed E-state index contributed by atoms with van der Waals surface area (Å²) in [5.41, 5.74) is 1.89. The second kappa shape index (κ2) is 8.44. The van der Waals surface area contributed by atoms with Crippen molar-refractivity contribution in [3.8, 4) is 5.82 Å². The van der Waals surface area contributed by atoms with Gasteiger partial charge in [-0.2, -0.15) is 0 Å². The molecule has 1 aliphatic heterocycles. The van der Waals surface area contributed by atoms with Crippen molar-refractivity contribution in [1.29, 1.82) is 0 Å². The summed E-state index contributed by atoms with van der Waals surface area (Å²) in [6.07, 6.45) is 7.03. The molecule has 0 radical (unpaired) electrons. The zero-order valence-electron chi connectivity index (χ0n) is 16.7. The van der Waals surface area contributed by atoms with Gasteiger partial charge in [0, 0.05) is 51.3 Å². The van der Waals surface area contributed by atoms with Crippen LogP contribution in [0.15, 0.2) is 41.5 Å². The van der Waals surface area contributed by atoms with Gasteiger partial charge in [-0.1, -0.05) is 6.07 Å². The number of piperazine rings is 1. The van der Waals surface area contributed by atoms with Crippen molar-refractivity contribution in [3.05, 3.63) is 60.0 Å². The van der Waals surface area contributed by atoms with Gasteiger partial charge in [-0.05, 0) is 25.5 Å². The molecule has 0 unspecified atom stereocenters.